The summed E-state index contributed by atoms with van der Waals surface area (Å²) in [6, 6.07) is 0. The first-order valence-electron chi connectivity index (χ1n) is 13.2. The fourth-order valence-corrected chi connectivity index (χ4v) is 4.71. The van der Waals surface area contributed by atoms with E-state index in [1.165, 1.54) is 44.9 Å². The zero-order valence-corrected chi connectivity index (χ0v) is 22.7. The van der Waals surface area contributed by atoms with Crippen molar-refractivity contribution in [3.63, 3.8) is 0 Å². The Bertz CT molecular complexity index is 723. The second-order valence-corrected chi connectivity index (χ2v) is 10.5. The number of ether oxygens (including phenoxy) is 2. The van der Waals surface area contributed by atoms with Crippen LogP contribution in [0, 0.1) is 38.5 Å². The van der Waals surface area contributed by atoms with Crippen LogP contribution in [0.1, 0.15) is 108 Å². The monoisotopic (exact) mass is 462 g/mol. The van der Waals surface area contributed by atoms with Crippen LogP contribution in [0.5, 0.6) is 11.5 Å². The Morgan fingerprint density at radius 2 is 1.27 bits per heavy atom. The molecule has 2 atom stereocenters. The van der Waals surface area contributed by atoms with E-state index < -0.39 is 5.97 Å². The highest BCUT2D eigenvalue weighted by atomic mass is 16.5. The zero-order valence-electron chi connectivity index (χ0n) is 22.7. The van der Waals surface area contributed by atoms with Gasteiger partial charge in [0.2, 0.25) is 0 Å². The lowest BCUT2D eigenvalue weighted by atomic mass is 9.92. The van der Waals surface area contributed by atoms with E-state index in [2.05, 4.69) is 34.6 Å². The molecule has 1 N–H and O–H groups in total. The third-order valence-electron chi connectivity index (χ3n) is 6.96. The number of aliphatic carboxylic acids is 1. The number of carboxylic acid groups (broad SMARTS) is 1. The van der Waals surface area contributed by atoms with Gasteiger partial charge in [0.1, 0.15) is 11.5 Å². The second kappa shape index (κ2) is 15.2. The van der Waals surface area contributed by atoms with Gasteiger partial charge in [0.05, 0.1) is 6.61 Å². The van der Waals surface area contributed by atoms with Crippen LogP contribution in [-0.4, -0.2) is 24.3 Å². The number of rotatable bonds is 17. The van der Waals surface area contributed by atoms with Crippen LogP contribution in [-0.2, 0) is 11.2 Å². The molecule has 4 heteroatoms. The quantitative estimate of drug-likeness (QED) is 0.238. The van der Waals surface area contributed by atoms with Gasteiger partial charge in [-0.05, 0) is 74.5 Å². The molecule has 0 unspecified atom stereocenters. The summed E-state index contributed by atoms with van der Waals surface area (Å²) in [5.74, 6) is 3.10. The highest BCUT2D eigenvalue weighted by Crippen LogP contribution is 2.38. The van der Waals surface area contributed by atoms with Crippen molar-refractivity contribution < 1.29 is 19.4 Å². The van der Waals surface area contributed by atoms with Gasteiger partial charge in [-0.3, -0.25) is 0 Å². The first-order valence-corrected chi connectivity index (χ1v) is 13.2. The SMILES string of the molecule is CCc1c(C)c(OCC(=O)O)c(C)c(C)c1OCCC[C@H](C)CCC[C@H](C)CCCC(C)C. The highest BCUT2D eigenvalue weighted by molar-refractivity contribution is 5.69. The molecule has 0 aliphatic carbocycles. The Morgan fingerprint density at radius 1 is 0.758 bits per heavy atom. The predicted octanol–water partition coefficient (Wildman–Crippen LogP) is 8.07. The summed E-state index contributed by atoms with van der Waals surface area (Å²) >= 11 is 0. The summed E-state index contributed by atoms with van der Waals surface area (Å²) in [7, 11) is 0. The Labute approximate surface area is 203 Å². The molecule has 0 saturated carbocycles. The normalized spacial score (nSPS) is 13.2. The Kier molecular flexibility index (Phi) is 13.5. The van der Waals surface area contributed by atoms with Gasteiger partial charge >= 0.3 is 5.97 Å². The second-order valence-electron chi connectivity index (χ2n) is 10.5. The summed E-state index contributed by atoms with van der Waals surface area (Å²) in [4.78, 5) is 10.9. The zero-order chi connectivity index (χ0) is 25.0. The maximum absolute atomic E-state index is 10.9. The summed E-state index contributed by atoms with van der Waals surface area (Å²) in [5.41, 5.74) is 4.14. The highest BCUT2D eigenvalue weighted by Gasteiger charge is 2.19. The minimum atomic E-state index is -0.959. The van der Waals surface area contributed by atoms with E-state index in [1.807, 2.05) is 20.8 Å². The molecule has 1 aromatic carbocycles. The van der Waals surface area contributed by atoms with Gasteiger partial charge in [-0.2, -0.15) is 0 Å². The van der Waals surface area contributed by atoms with Crippen molar-refractivity contribution in [2.45, 2.75) is 113 Å². The fraction of sp³-hybridized carbons (Fsp3) is 0.759. The molecule has 1 aromatic rings. The Balaban J connectivity index is 2.49. The molecule has 0 bridgehead atoms. The smallest absolute Gasteiger partial charge is 0.341 e. The number of hydrogen-bond acceptors (Lipinski definition) is 3. The van der Waals surface area contributed by atoms with Crippen LogP contribution in [0.3, 0.4) is 0 Å². The van der Waals surface area contributed by atoms with Gasteiger partial charge in [-0.25, -0.2) is 4.79 Å². The van der Waals surface area contributed by atoms with Crippen LogP contribution >= 0.6 is 0 Å². The molecule has 0 radical (unpaired) electrons. The van der Waals surface area contributed by atoms with Crippen LogP contribution in [0.2, 0.25) is 0 Å². The van der Waals surface area contributed by atoms with Crippen molar-refractivity contribution in [3.05, 3.63) is 22.3 Å². The first-order chi connectivity index (χ1) is 15.6. The van der Waals surface area contributed by atoms with Crippen LogP contribution < -0.4 is 9.47 Å². The van der Waals surface area contributed by atoms with Gasteiger partial charge in [-0.1, -0.05) is 73.1 Å². The summed E-state index contributed by atoms with van der Waals surface area (Å²) < 4.78 is 11.9. The molecule has 0 aromatic heterocycles. The average Bonchev–Trinajstić information content (AvgIpc) is 2.74. The summed E-state index contributed by atoms with van der Waals surface area (Å²) in [5, 5.41) is 8.98. The lowest BCUT2D eigenvalue weighted by Gasteiger charge is -2.22. The third kappa shape index (κ3) is 10.4. The molecular weight excluding hydrogens is 412 g/mol. The van der Waals surface area contributed by atoms with E-state index >= 15 is 0 Å². The topological polar surface area (TPSA) is 55.8 Å². The largest absolute Gasteiger partial charge is 0.493 e. The average molecular weight is 463 g/mol. The van der Waals surface area contributed by atoms with Gasteiger partial charge in [0.25, 0.3) is 0 Å². The Hall–Kier alpha value is -1.71. The molecule has 0 spiro atoms. The van der Waals surface area contributed by atoms with E-state index in [1.54, 1.807) is 0 Å². The van der Waals surface area contributed by atoms with Gasteiger partial charge in [-0.15, -0.1) is 0 Å². The minimum absolute atomic E-state index is 0.320. The number of carboxylic acids is 1. The van der Waals surface area contributed by atoms with Crippen LogP contribution in [0.25, 0.3) is 0 Å². The van der Waals surface area contributed by atoms with E-state index in [4.69, 9.17) is 14.6 Å². The van der Waals surface area contributed by atoms with E-state index in [-0.39, 0.29) is 6.61 Å². The lowest BCUT2D eigenvalue weighted by molar-refractivity contribution is -0.139. The lowest BCUT2D eigenvalue weighted by Crippen LogP contribution is -2.13. The van der Waals surface area contributed by atoms with Crippen molar-refractivity contribution in [2.75, 3.05) is 13.2 Å². The van der Waals surface area contributed by atoms with Crippen molar-refractivity contribution in [2.24, 2.45) is 17.8 Å². The third-order valence-corrected chi connectivity index (χ3v) is 6.96. The van der Waals surface area contributed by atoms with E-state index in [0.29, 0.717) is 5.75 Å². The van der Waals surface area contributed by atoms with Crippen LogP contribution in [0.4, 0.5) is 0 Å². The molecule has 0 heterocycles. The summed E-state index contributed by atoms with van der Waals surface area (Å²) in [6.45, 7) is 17.9. The molecular formula is C29H50O4. The van der Waals surface area contributed by atoms with Gasteiger partial charge in [0, 0.05) is 5.56 Å². The molecule has 0 fully saturated rings. The molecule has 1 rings (SSSR count). The number of carbonyl (C=O) groups is 1. The van der Waals surface area contributed by atoms with E-state index in [9.17, 15) is 4.79 Å². The summed E-state index contributed by atoms with van der Waals surface area (Å²) in [6.07, 6.45) is 11.2. The molecule has 4 nitrogen and oxygen atoms in total. The fourth-order valence-electron chi connectivity index (χ4n) is 4.71. The van der Waals surface area contributed by atoms with Crippen LogP contribution in [0.15, 0.2) is 0 Å². The first kappa shape index (κ1) is 29.3. The van der Waals surface area contributed by atoms with E-state index in [0.717, 1.165) is 65.2 Å². The standard InChI is InChI=1S/C29H50O4/c1-9-26-25(8)28(33-19-27(30)31)23(6)24(7)29(26)32-18-12-17-22(5)16-11-15-21(4)14-10-13-20(2)3/h20-22H,9-19H2,1-8H3,(H,30,31)/t21-,22-/m1/s1. The molecule has 0 aliphatic heterocycles. The molecule has 0 saturated heterocycles. The van der Waals surface area contributed by atoms with Crippen molar-refractivity contribution in [3.8, 4) is 11.5 Å². The minimum Gasteiger partial charge on any atom is -0.493 e. The van der Waals surface area contributed by atoms with Gasteiger partial charge in [0.15, 0.2) is 6.61 Å². The van der Waals surface area contributed by atoms with Gasteiger partial charge < -0.3 is 14.6 Å². The Morgan fingerprint density at radius 3 is 1.79 bits per heavy atom. The number of hydrogen-bond donors (Lipinski definition) is 1. The molecule has 0 amide bonds. The molecule has 190 valence electrons. The molecule has 0 aliphatic rings. The maximum atomic E-state index is 10.9. The maximum Gasteiger partial charge on any atom is 0.341 e. The van der Waals surface area contributed by atoms with Crippen molar-refractivity contribution in [1.82, 2.24) is 0 Å². The van der Waals surface area contributed by atoms with Crippen molar-refractivity contribution >= 4 is 5.97 Å². The number of benzene rings is 1. The molecule has 33 heavy (non-hydrogen) atoms. The predicted molar refractivity (Wildman–Crippen MR) is 139 cm³/mol. The van der Waals surface area contributed by atoms with Crippen molar-refractivity contribution in [1.29, 1.82) is 0 Å².